The Morgan fingerprint density at radius 1 is 1.36 bits per heavy atom. The van der Waals surface area contributed by atoms with E-state index in [-0.39, 0.29) is 24.1 Å². The summed E-state index contributed by atoms with van der Waals surface area (Å²) >= 11 is 0. The third-order valence-electron chi connectivity index (χ3n) is 1.50. The molecule has 0 aliphatic rings. The molecule has 0 aromatic carbocycles. The molecule has 3 nitrogen and oxygen atoms in total. The van der Waals surface area contributed by atoms with E-state index in [4.69, 9.17) is 4.74 Å². The number of ketones is 1. The van der Waals surface area contributed by atoms with Gasteiger partial charge in [-0.15, -0.1) is 0 Å². The number of Topliss-reactive ketones (excluding diaryl/α,β-unsaturated/α-hetero) is 1. The third kappa shape index (κ3) is 6.24. The van der Waals surface area contributed by atoms with Gasteiger partial charge in [0.15, 0.2) is 0 Å². The SMILES string of the molecule is CCOC(=O)CCC#CC(=O)C(C)C. The van der Waals surface area contributed by atoms with Crippen molar-refractivity contribution in [2.45, 2.75) is 33.6 Å². The molecule has 0 aromatic heterocycles. The lowest BCUT2D eigenvalue weighted by atomic mass is 10.1. The van der Waals surface area contributed by atoms with Crippen molar-refractivity contribution in [3.63, 3.8) is 0 Å². The van der Waals surface area contributed by atoms with Crippen LogP contribution in [-0.2, 0) is 14.3 Å². The molecule has 0 fully saturated rings. The van der Waals surface area contributed by atoms with Crippen molar-refractivity contribution in [2.75, 3.05) is 6.61 Å². The second-order valence-corrected chi connectivity index (χ2v) is 3.13. The number of carbonyl (C=O) groups excluding carboxylic acids is 2. The quantitative estimate of drug-likeness (QED) is 0.389. The van der Waals surface area contributed by atoms with Gasteiger partial charge in [0.25, 0.3) is 0 Å². The number of hydrogen-bond donors (Lipinski definition) is 0. The normalized spacial score (nSPS) is 9.14. The number of hydrogen-bond acceptors (Lipinski definition) is 3. The van der Waals surface area contributed by atoms with Gasteiger partial charge >= 0.3 is 5.97 Å². The molecule has 0 unspecified atom stereocenters. The highest BCUT2D eigenvalue weighted by atomic mass is 16.5. The first kappa shape index (κ1) is 12.7. The second-order valence-electron chi connectivity index (χ2n) is 3.13. The van der Waals surface area contributed by atoms with Crippen LogP contribution >= 0.6 is 0 Å². The molecule has 3 heteroatoms. The maximum Gasteiger partial charge on any atom is 0.306 e. The van der Waals surface area contributed by atoms with Crippen molar-refractivity contribution < 1.29 is 14.3 Å². The average Bonchev–Trinajstić information content (AvgIpc) is 2.12. The summed E-state index contributed by atoms with van der Waals surface area (Å²) in [6, 6.07) is 0. The highest BCUT2D eigenvalue weighted by molar-refractivity contribution is 5.96. The fourth-order valence-corrected chi connectivity index (χ4v) is 0.692. The van der Waals surface area contributed by atoms with Crippen molar-refractivity contribution in [1.29, 1.82) is 0 Å². The van der Waals surface area contributed by atoms with E-state index >= 15 is 0 Å². The third-order valence-corrected chi connectivity index (χ3v) is 1.50. The molecular weight excluding hydrogens is 180 g/mol. The molecule has 0 radical (unpaired) electrons. The predicted molar refractivity (Wildman–Crippen MR) is 53.5 cm³/mol. The Balaban J connectivity index is 3.72. The summed E-state index contributed by atoms with van der Waals surface area (Å²) in [6.07, 6.45) is 0.642. The fraction of sp³-hybridized carbons (Fsp3) is 0.636. The van der Waals surface area contributed by atoms with Crippen molar-refractivity contribution in [3.8, 4) is 11.8 Å². The second kappa shape index (κ2) is 7.14. The minimum Gasteiger partial charge on any atom is -0.466 e. The molecule has 0 amide bonds. The van der Waals surface area contributed by atoms with Crippen LogP contribution in [0.4, 0.5) is 0 Å². The zero-order valence-corrected chi connectivity index (χ0v) is 8.92. The number of ether oxygens (including phenoxy) is 1. The van der Waals surface area contributed by atoms with Gasteiger partial charge in [0.2, 0.25) is 5.78 Å². The van der Waals surface area contributed by atoms with E-state index < -0.39 is 0 Å². The molecule has 0 saturated heterocycles. The summed E-state index contributed by atoms with van der Waals surface area (Å²) in [6.45, 7) is 5.73. The highest BCUT2D eigenvalue weighted by Gasteiger charge is 2.02. The first-order valence-electron chi connectivity index (χ1n) is 4.76. The summed E-state index contributed by atoms with van der Waals surface area (Å²) in [7, 11) is 0. The van der Waals surface area contributed by atoms with E-state index in [9.17, 15) is 9.59 Å². The Morgan fingerprint density at radius 2 is 2.00 bits per heavy atom. The first-order chi connectivity index (χ1) is 6.57. The fourth-order valence-electron chi connectivity index (χ4n) is 0.692. The van der Waals surface area contributed by atoms with Gasteiger partial charge in [-0.2, -0.15) is 0 Å². The van der Waals surface area contributed by atoms with Gasteiger partial charge in [-0.3, -0.25) is 9.59 Å². The Hall–Kier alpha value is -1.30. The maximum atomic E-state index is 11.0. The Morgan fingerprint density at radius 3 is 2.50 bits per heavy atom. The smallest absolute Gasteiger partial charge is 0.306 e. The molecule has 0 aliphatic heterocycles. The molecule has 0 saturated carbocycles. The Kier molecular flexibility index (Phi) is 6.47. The van der Waals surface area contributed by atoms with E-state index in [1.54, 1.807) is 20.8 Å². The molecular formula is C11H16O3. The summed E-state index contributed by atoms with van der Waals surface area (Å²) < 4.78 is 4.70. The van der Waals surface area contributed by atoms with Crippen molar-refractivity contribution in [3.05, 3.63) is 0 Å². The molecule has 0 rings (SSSR count). The topological polar surface area (TPSA) is 43.4 Å². The predicted octanol–water partition coefficient (Wildman–Crippen LogP) is 1.56. The van der Waals surface area contributed by atoms with Crippen molar-refractivity contribution >= 4 is 11.8 Å². The number of esters is 1. The van der Waals surface area contributed by atoms with Gasteiger partial charge in [-0.25, -0.2) is 0 Å². The molecule has 78 valence electrons. The minimum atomic E-state index is -0.265. The van der Waals surface area contributed by atoms with Crippen LogP contribution in [0.2, 0.25) is 0 Å². The summed E-state index contributed by atoms with van der Waals surface area (Å²) in [5, 5.41) is 0. The molecule has 14 heavy (non-hydrogen) atoms. The zero-order chi connectivity index (χ0) is 11.0. The lowest BCUT2D eigenvalue weighted by Gasteiger charge is -1.97. The Bertz CT molecular complexity index is 255. The summed E-state index contributed by atoms with van der Waals surface area (Å²) in [5.74, 6) is 4.72. The van der Waals surface area contributed by atoms with Crippen LogP contribution in [0.25, 0.3) is 0 Å². The monoisotopic (exact) mass is 196 g/mol. The van der Waals surface area contributed by atoms with Gasteiger partial charge in [-0.1, -0.05) is 19.8 Å². The van der Waals surface area contributed by atoms with Gasteiger partial charge < -0.3 is 4.74 Å². The van der Waals surface area contributed by atoms with Crippen LogP contribution < -0.4 is 0 Å². The van der Waals surface area contributed by atoms with Crippen LogP contribution in [0.5, 0.6) is 0 Å². The molecule has 0 heterocycles. The maximum absolute atomic E-state index is 11.0. The van der Waals surface area contributed by atoms with Gasteiger partial charge in [0.1, 0.15) is 0 Å². The molecule has 0 atom stereocenters. The lowest BCUT2D eigenvalue weighted by molar-refractivity contribution is -0.142. The average molecular weight is 196 g/mol. The lowest BCUT2D eigenvalue weighted by Crippen LogP contribution is -2.04. The van der Waals surface area contributed by atoms with E-state index in [0.717, 1.165) is 0 Å². The zero-order valence-electron chi connectivity index (χ0n) is 8.92. The van der Waals surface area contributed by atoms with Crippen LogP contribution in [0.3, 0.4) is 0 Å². The first-order valence-corrected chi connectivity index (χ1v) is 4.76. The van der Waals surface area contributed by atoms with E-state index in [1.165, 1.54) is 0 Å². The van der Waals surface area contributed by atoms with Crippen molar-refractivity contribution in [2.24, 2.45) is 5.92 Å². The van der Waals surface area contributed by atoms with E-state index in [0.29, 0.717) is 13.0 Å². The highest BCUT2D eigenvalue weighted by Crippen LogP contribution is 1.94. The van der Waals surface area contributed by atoms with Gasteiger partial charge in [0.05, 0.1) is 13.0 Å². The largest absolute Gasteiger partial charge is 0.466 e. The summed E-state index contributed by atoms with van der Waals surface area (Å²) in [4.78, 5) is 21.9. The van der Waals surface area contributed by atoms with Crippen LogP contribution in [0, 0.1) is 17.8 Å². The van der Waals surface area contributed by atoms with Crippen LogP contribution in [0.1, 0.15) is 33.6 Å². The molecule has 0 bridgehead atoms. The standard InChI is InChI=1S/C11H16O3/c1-4-14-11(13)8-6-5-7-10(12)9(2)3/h9H,4,6,8H2,1-3H3. The number of carbonyl (C=O) groups is 2. The van der Waals surface area contributed by atoms with Crippen LogP contribution in [-0.4, -0.2) is 18.4 Å². The van der Waals surface area contributed by atoms with Gasteiger partial charge in [-0.05, 0) is 12.8 Å². The van der Waals surface area contributed by atoms with E-state index in [2.05, 4.69) is 11.8 Å². The molecule has 0 N–H and O–H groups in total. The van der Waals surface area contributed by atoms with Crippen molar-refractivity contribution in [1.82, 2.24) is 0 Å². The van der Waals surface area contributed by atoms with E-state index in [1.807, 2.05) is 0 Å². The molecule has 0 spiro atoms. The van der Waals surface area contributed by atoms with Crippen LogP contribution in [0.15, 0.2) is 0 Å². The Labute approximate surface area is 84.8 Å². The molecule has 0 aromatic rings. The van der Waals surface area contributed by atoms with Gasteiger partial charge in [0, 0.05) is 12.3 Å². The molecule has 0 aliphatic carbocycles. The summed E-state index contributed by atoms with van der Waals surface area (Å²) in [5.41, 5.74) is 0. The minimum absolute atomic E-state index is 0.0647. The number of rotatable bonds is 4.